The van der Waals surface area contributed by atoms with Crippen LogP contribution in [0.5, 0.6) is 0 Å². The molecule has 0 spiro atoms. The highest BCUT2D eigenvalue weighted by atomic mass is 35.5. The minimum absolute atomic E-state index is 0.000413. The van der Waals surface area contributed by atoms with Crippen molar-refractivity contribution in [1.29, 1.82) is 0 Å². The summed E-state index contributed by atoms with van der Waals surface area (Å²) in [4.78, 5) is 12.5. The Morgan fingerprint density at radius 1 is 1.17 bits per heavy atom. The summed E-state index contributed by atoms with van der Waals surface area (Å²) in [6, 6.07) is 15.7. The van der Waals surface area contributed by atoms with Crippen LogP contribution in [-0.2, 0) is 6.42 Å². The van der Waals surface area contributed by atoms with Crippen LogP contribution < -0.4 is 10.6 Å². The van der Waals surface area contributed by atoms with Gasteiger partial charge in [-0.3, -0.25) is 4.79 Å². The first kappa shape index (κ1) is 16.0. The molecule has 3 rings (SSSR count). The van der Waals surface area contributed by atoms with Crippen LogP contribution in [0.15, 0.2) is 48.5 Å². The van der Waals surface area contributed by atoms with Crippen molar-refractivity contribution in [2.24, 2.45) is 0 Å². The summed E-state index contributed by atoms with van der Waals surface area (Å²) in [5, 5.41) is 7.13. The molecule has 1 heterocycles. The Kier molecular flexibility index (Phi) is 5.31. The van der Waals surface area contributed by atoms with Crippen LogP contribution in [-0.4, -0.2) is 25.5 Å². The number of hydrogen-bond donors (Lipinski definition) is 2. The molecule has 0 aromatic heterocycles. The molecule has 1 aliphatic rings. The van der Waals surface area contributed by atoms with Gasteiger partial charge in [0.2, 0.25) is 0 Å². The van der Waals surface area contributed by atoms with Gasteiger partial charge in [-0.15, -0.1) is 0 Å². The van der Waals surface area contributed by atoms with Gasteiger partial charge < -0.3 is 10.6 Å². The lowest BCUT2D eigenvalue weighted by atomic mass is 9.93. The van der Waals surface area contributed by atoms with Crippen molar-refractivity contribution in [3.63, 3.8) is 0 Å². The van der Waals surface area contributed by atoms with Gasteiger partial charge in [-0.1, -0.05) is 48.0 Å². The van der Waals surface area contributed by atoms with Crippen molar-refractivity contribution < 1.29 is 4.79 Å². The van der Waals surface area contributed by atoms with Gasteiger partial charge in [-0.05, 0) is 48.6 Å². The van der Waals surface area contributed by atoms with Gasteiger partial charge in [-0.2, -0.15) is 0 Å². The van der Waals surface area contributed by atoms with Gasteiger partial charge in [0.1, 0.15) is 0 Å². The van der Waals surface area contributed by atoms with E-state index >= 15 is 0 Å². The highest BCUT2D eigenvalue weighted by Crippen LogP contribution is 2.25. The summed E-state index contributed by atoms with van der Waals surface area (Å²) in [7, 11) is 0. The van der Waals surface area contributed by atoms with Crippen LogP contribution in [0.25, 0.3) is 0 Å². The number of carbonyl (C=O) groups is 1. The molecule has 2 aromatic rings. The van der Waals surface area contributed by atoms with Gasteiger partial charge in [0, 0.05) is 23.7 Å². The van der Waals surface area contributed by atoms with Crippen LogP contribution >= 0.6 is 11.6 Å². The van der Waals surface area contributed by atoms with Crippen molar-refractivity contribution in [2.75, 3.05) is 19.6 Å². The third kappa shape index (κ3) is 3.92. The molecule has 0 radical (unpaired) electrons. The fraction of sp³-hybridized carbons (Fsp3) is 0.316. The van der Waals surface area contributed by atoms with Crippen molar-refractivity contribution in [3.05, 3.63) is 70.2 Å². The third-order valence-electron chi connectivity index (χ3n) is 4.34. The summed E-state index contributed by atoms with van der Waals surface area (Å²) in [6.07, 6.45) is 1.82. The molecule has 0 bridgehead atoms. The number of hydrogen-bond acceptors (Lipinski definition) is 2. The molecule has 1 amide bonds. The van der Waals surface area contributed by atoms with E-state index < -0.39 is 0 Å². The number of amides is 1. The molecule has 4 heteroatoms. The van der Waals surface area contributed by atoms with E-state index in [9.17, 15) is 4.79 Å². The van der Waals surface area contributed by atoms with E-state index in [1.54, 1.807) is 0 Å². The van der Waals surface area contributed by atoms with Crippen molar-refractivity contribution in [3.8, 4) is 0 Å². The molecule has 1 saturated heterocycles. The number of halogens is 1. The molecule has 3 nitrogen and oxygen atoms in total. The van der Waals surface area contributed by atoms with E-state index in [0.29, 0.717) is 12.5 Å². The lowest BCUT2D eigenvalue weighted by molar-refractivity contribution is 0.0953. The molecule has 120 valence electrons. The molecule has 2 N–H and O–H groups in total. The molecule has 2 aromatic carbocycles. The Bertz CT molecular complexity index is 681. The van der Waals surface area contributed by atoms with E-state index in [-0.39, 0.29) is 5.91 Å². The second-order valence-electron chi connectivity index (χ2n) is 5.87. The van der Waals surface area contributed by atoms with Gasteiger partial charge in [0.25, 0.3) is 5.91 Å². The van der Waals surface area contributed by atoms with Crippen molar-refractivity contribution >= 4 is 17.5 Å². The van der Waals surface area contributed by atoms with E-state index in [4.69, 9.17) is 11.6 Å². The molecule has 1 atom stereocenters. The van der Waals surface area contributed by atoms with Crippen LogP contribution in [0.3, 0.4) is 0 Å². The van der Waals surface area contributed by atoms with Gasteiger partial charge >= 0.3 is 0 Å². The van der Waals surface area contributed by atoms with Gasteiger partial charge in [0.05, 0.1) is 0 Å². The Morgan fingerprint density at radius 2 is 1.96 bits per heavy atom. The van der Waals surface area contributed by atoms with Crippen LogP contribution in [0.1, 0.15) is 33.8 Å². The number of rotatable bonds is 5. The largest absolute Gasteiger partial charge is 0.352 e. The quantitative estimate of drug-likeness (QED) is 0.883. The molecule has 1 aliphatic heterocycles. The summed E-state index contributed by atoms with van der Waals surface area (Å²) in [6.45, 7) is 2.55. The first-order valence-corrected chi connectivity index (χ1v) is 8.45. The molecule has 0 aliphatic carbocycles. The number of nitrogens with one attached hydrogen (secondary N) is 2. The Hall–Kier alpha value is -1.84. The van der Waals surface area contributed by atoms with Crippen LogP contribution in [0.2, 0.25) is 5.02 Å². The summed E-state index contributed by atoms with van der Waals surface area (Å²) in [5.41, 5.74) is 3.00. The first-order chi connectivity index (χ1) is 11.3. The maximum absolute atomic E-state index is 12.5. The smallest absolute Gasteiger partial charge is 0.251 e. The minimum Gasteiger partial charge on any atom is -0.352 e. The molecular weight excluding hydrogens is 308 g/mol. The summed E-state index contributed by atoms with van der Waals surface area (Å²) in [5.74, 6) is 0.431. The predicted octanol–water partition coefficient (Wildman–Crippen LogP) is 3.39. The fourth-order valence-corrected chi connectivity index (χ4v) is 3.32. The van der Waals surface area contributed by atoms with E-state index in [1.165, 1.54) is 0 Å². The lowest BCUT2D eigenvalue weighted by Gasteiger charge is -2.14. The number of carbonyl (C=O) groups excluding carboxylic acids is 1. The Labute approximate surface area is 142 Å². The average molecular weight is 329 g/mol. The highest BCUT2D eigenvalue weighted by Gasteiger charge is 2.21. The van der Waals surface area contributed by atoms with E-state index in [0.717, 1.165) is 47.6 Å². The zero-order chi connectivity index (χ0) is 16.1. The average Bonchev–Trinajstić information content (AvgIpc) is 3.11. The maximum Gasteiger partial charge on any atom is 0.251 e. The predicted molar refractivity (Wildman–Crippen MR) is 94.2 cm³/mol. The van der Waals surface area contributed by atoms with Gasteiger partial charge in [-0.25, -0.2) is 0 Å². The van der Waals surface area contributed by atoms with E-state index in [1.807, 2.05) is 42.5 Å². The summed E-state index contributed by atoms with van der Waals surface area (Å²) >= 11 is 6.15. The van der Waals surface area contributed by atoms with Crippen molar-refractivity contribution in [1.82, 2.24) is 10.6 Å². The zero-order valence-electron chi connectivity index (χ0n) is 13.0. The zero-order valence-corrected chi connectivity index (χ0v) is 13.8. The second-order valence-corrected chi connectivity index (χ2v) is 6.28. The molecule has 23 heavy (non-hydrogen) atoms. The number of benzene rings is 2. The topological polar surface area (TPSA) is 41.1 Å². The molecule has 1 fully saturated rings. The normalized spacial score (nSPS) is 17.2. The summed E-state index contributed by atoms with van der Waals surface area (Å²) < 4.78 is 0. The third-order valence-corrected chi connectivity index (χ3v) is 4.71. The Morgan fingerprint density at radius 3 is 2.74 bits per heavy atom. The van der Waals surface area contributed by atoms with Crippen LogP contribution in [0.4, 0.5) is 0 Å². The fourth-order valence-electron chi connectivity index (χ4n) is 3.09. The Balaban J connectivity index is 1.63. The molecule has 0 saturated carbocycles. The van der Waals surface area contributed by atoms with Gasteiger partial charge in [0.15, 0.2) is 0 Å². The first-order valence-electron chi connectivity index (χ1n) is 8.07. The minimum atomic E-state index is -0.000413. The van der Waals surface area contributed by atoms with Crippen molar-refractivity contribution in [2.45, 2.75) is 18.8 Å². The second kappa shape index (κ2) is 7.62. The molecular formula is C19H21ClN2O. The lowest BCUT2D eigenvalue weighted by Crippen LogP contribution is -2.27. The molecule has 1 unspecified atom stereocenters. The monoisotopic (exact) mass is 328 g/mol. The highest BCUT2D eigenvalue weighted by molar-refractivity contribution is 6.31. The standard InChI is InChI=1S/C19H21ClN2O/c20-18-8-4-1-5-14(18)10-12-22-19(23)17-7-3-2-6-16(17)15-9-11-21-13-15/h1-8,15,21H,9-13H2,(H,22,23). The van der Waals surface area contributed by atoms with E-state index in [2.05, 4.69) is 16.7 Å². The SMILES string of the molecule is O=C(NCCc1ccccc1Cl)c1ccccc1C1CCNC1. The maximum atomic E-state index is 12.5. The van der Waals surface area contributed by atoms with Crippen LogP contribution in [0, 0.1) is 0 Å².